The summed E-state index contributed by atoms with van der Waals surface area (Å²) < 4.78 is 0. The average Bonchev–Trinajstić information content (AvgIpc) is 2.80. The highest BCUT2D eigenvalue weighted by Gasteiger charge is 2.28. The number of rotatable bonds is 5. The SMILES string of the molecule is BrCCN(CC1CC1)C1CCCC1. The fraction of sp³-hybridized carbons (Fsp3) is 1.00. The fourth-order valence-electron chi connectivity index (χ4n) is 2.43. The number of halogens is 1. The van der Waals surface area contributed by atoms with Crippen LogP contribution in [0.25, 0.3) is 0 Å². The standard InChI is InChI=1S/C11H20BrN/c12-7-8-13(9-10-5-6-10)11-3-1-2-4-11/h10-11H,1-9H2. The Labute approximate surface area is 90.0 Å². The van der Waals surface area contributed by atoms with E-state index in [9.17, 15) is 0 Å². The van der Waals surface area contributed by atoms with Crippen molar-refractivity contribution < 1.29 is 0 Å². The van der Waals surface area contributed by atoms with Crippen LogP contribution in [0.15, 0.2) is 0 Å². The topological polar surface area (TPSA) is 3.24 Å². The maximum absolute atomic E-state index is 3.57. The Hall–Kier alpha value is 0.440. The molecule has 0 aromatic rings. The van der Waals surface area contributed by atoms with Gasteiger partial charge >= 0.3 is 0 Å². The Bertz CT molecular complexity index is 150. The van der Waals surface area contributed by atoms with Gasteiger partial charge in [0, 0.05) is 24.5 Å². The largest absolute Gasteiger partial charge is 0.299 e. The van der Waals surface area contributed by atoms with Crippen molar-refractivity contribution in [1.29, 1.82) is 0 Å². The smallest absolute Gasteiger partial charge is 0.0159 e. The van der Waals surface area contributed by atoms with Crippen LogP contribution in [0.2, 0.25) is 0 Å². The molecular formula is C11H20BrN. The Morgan fingerprint density at radius 2 is 1.77 bits per heavy atom. The highest BCUT2D eigenvalue weighted by atomic mass is 79.9. The second-order valence-corrected chi connectivity index (χ2v) is 5.36. The molecule has 2 rings (SSSR count). The van der Waals surface area contributed by atoms with Crippen LogP contribution in [0.4, 0.5) is 0 Å². The van der Waals surface area contributed by atoms with Crippen molar-refractivity contribution in [3.05, 3.63) is 0 Å². The summed E-state index contributed by atoms with van der Waals surface area (Å²) >= 11 is 3.57. The van der Waals surface area contributed by atoms with E-state index in [1.54, 1.807) is 0 Å². The summed E-state index contributed by atoms with van der Waals surface area (Å²) in [4.78, 5) is 2.74. The molecule has 0 spiro atoms. The minimum Gasteiger partial charge on any atom is -0.299 e. The van der Waals surface area contributed by atoms with Crippen molar-refractivity contribution in [1.82, 2.24) is 4.90 Å². The van der Waals surface area contributed by atoms with E-state index in [2.05, 4.69) is 20.8 Å². The van der Waals surface area contributed by atoms with E-state index < -0.39 is 0 Å². The highest BCUT2D eigenvalue weighted by molar-refractivity contribution is 9.09. The van der Waals surface area contributed by atoms with Crippen LogP contribution in [-0.2, 0) is 0 Å². The number of nitrogens with zero attached hydrogens (tertiary/aromatic N) is 1. The molecule has 0 atom stereocenters. The Morgan fingerprint density at radius 3 is 2.31 bits per heavy atom. The minimum atomic E-state index is 0.929. The molecule has 2 fully saturated rings. The Balaban J connectivity index is 1.79. The first-order valence-corrected chi connectivity index (χ1v) is 6.82. The molecule has 1 nitrogen and oxygen atoms in total. The first kappa shape index (κ1) is 9.97. The summed E-state index contributed by atoms with van der Waals surface area (Å²) in [6, 6.07) is 0.929. The Morgan fingerprint density at radius 1 is 1.08 bits per heavy atom. The van der Waals surface area contributed by atoms with Gasteiger partial charge in [-0.25, -0.2) is 0 Å². The lowest BCUT2D eigenvalue weighted by atomic mass is 10.2. The van der Waals surface area contributed by atoms with Crippen molar-refractivity contribution in [3.63, 3.8) is 0 Å². The third kappa shape index (κ3) is 2.95. The van der Waals surface area contributed by atoms with Crippen LogP contribution in [0.1, 0.15) is 38.5 Å². The predicted octanol–water partition coefficient (Wildman–Crippen LogP) is 3.04. The van der Waals surface area contributed by atoms with Crippen molar-refractivity contribution in [2.45, 2.75) is 44.6 Å². The molecule has 0 aliphatic heterocycles. The molecule has 2 aliphatic rings. The van der Waals surface area contributed by atoms with Gasteiger partial charge in [0.1, 0.15) is 0 Å². The van der Waals surface area contributed by atoms with E-state index in [-0.39, 0.29) is 0 Å². The normalized spacial score (nSPS) is 24.5. The van der Waals surface area contributed by atoms with Gasteiger partial charge < -0.3 is 0 Å². The summed E-state index contributed by atoms with van der Waals surface area (Å²) in [7, 11) is 0. The van der Waals surface area contributed by atoms with Crippen molar-refractivity contribution in [2.24, 2.45) is 5.92 Å². The zero-order valence-corrected chi connectivity index (χ0v) is 9.93. The summed E-state index contributed by atoms with van der Waals surface area (Å²) in [6.45, 7) is 2.65. The van der Waals surface area contributed by atoms with E-state index >= 15 is 0 Å². The van der Waals surface area contributed by atoms with Crippen molar-refractivity contribution >= 4 is 15.9 Å². The lowest BCUT2D eigenvalue weighted by Crippen LogP contribution is -2.36. The van der Waals surface area contributed by atoms with Gasteiger partial charge in [-0.15, -0.1) is 0 Å². The maximum Gasteiger partial charge on any atom is 0.0159 e. The van der Waals surface area contributed by atoms with E-state index in [0.29, 0.717) is 0 Å². The van der Waals surface area contributed by atoms with Gasteiger partial charge in [0.05, 0.1) is 0 Å². The second kappa shape index (κ2) is 4.79. The predicted molar refractivity (Wildman–Crippen MR) is 60.3 cm³/mol. The molecule has 0 saturated heterocycles. The summed E-state index contributed by atoms with van der Waals surface area (Å²) in [5, 5.41) is 1.15. The zero-order valence-electron chi connectivity index (χ0n) is 8.34. The first-order valence-electron chi connectivity index (χ1n) is 5.70. The molecule has 0 bridgehead atoms. The fourth-order valence-corrected chi connectivity index (χ4v) is 2.89. The molecule has 0 amide bonds. The quantitative estimate of drug-likeness (QED) is 0.674. The van der Waals surface area contributed by atoms with Gasteiger partial charge in [-0.05, 0) is 31.6 Å². The molecular weight excluding hydrogens is 226 g/mol. The molecule has 0 N–H and O–H groups in total. The lowest BCUT2D eigenvalue weighted by molar-refractivity contribution is 0.203. The molecule has 0 aromatic carbocycles. The van der Waals surface area contributed by atoms with Gasteiger partial charge in [0.25, 0.3) is 0 Å². The first-order chi connectivity index (χ1) is 6.40. The van der Waals surface area contributed by atoms with Crippen LogP contribution in [0.5, 0.6) is 0 Å². The monoisotopic (exact) mass is 245 g/mol. The lowest BCUT2D eigenvalue weighted by Gasteiger charge is -2.28. The molecule has 2 saturated carbocycles. The number of hydrogen-bond donors (Lipinski definition) is 0. The van der Waals surface area contributed by atoms with Crippen LogP contribution in [0.3, 0.4) is 0 Å². The van der Waals surface area contributed by atoms with Crippen LogP contribution >= 0.6 is 15.9 Å². The van der Waals surface area contributed by atoms with Crippen LogP contribution in [0, 0.1) is 5.92 Å². The van der Waals surface area contributed by atoms with Gasteiger partial charge in [-0.1, -0.05) is 28.8 Å². The molecule has 2 aliphatic carbocycles. The minimum absolute atomic E-state index is 0.929. The number of hydrogen-bond acceptors (Lipinski definition) is 1. The highest BCUT2D eigenvalue weighted by Crippen LogP contribution is 2.32. The van der Waals surface area contributed by atoms with Crippen molar-refractivity contribution in [2.75, 3.05) is 18.4 Å². The molecule has 0 radical (unpaired) electrons. The third-order valence-corrected chi connectivity index (χ3v) is 3.76. The molecule has 2 heteroatoms. The molecule has 76 valence electrons. The van der Waals surface area contributed by atoms with Crippen LogP contribution in [-0.4, -0.2) is 29.4 Å². The van der Waals surface area contributed by atoms with E-state index in [1.807, 2.05) is 0 Å². The molecule has 0 aromatic heterocycles. The van der Waals surface area contributed by atoms with Gasteiger partial charge in [-0.3, -0.25) is 4.90 Å². The van der Waals surface area contributed by atoms with E-state index in [0.717, 1.165) is 17.3 Å². The molecule has 0 unspecified atom stereocenters. The summed E-state index contributed by atoms with van der Waals surface area (Å²) in [6.07, 6.45) is 8.83. The summed E-state index contributed by atoms with van der Waals surface area (Å²) in [5.74, 6) is 1.06. The molecule has 0 heterocycles. The third-order valence-electron chi connectivity index (χ3n) is 3.40. The molecule has 13 heavy (non-hydrogen) atoms. The van der Waals surface area contributed by atoms with Gasteiger partial charge in [-0.2, -0.15) is 0 Å². The number of alkyl halides is 1. The van der Waals surface area contributed by atoms with Crippen molar-refractivity contribution in [3.8, 4) is 0 Å². The average molecular weight is 246 g/mol. The Kier molecular flexibility index (Phi) is 3.67. The van der Waals surface area contributed by atoms with Gasteiger partial charge in [0.2, 0.25) is 0 Å². The maximum atomic E-state index is 3.57. The second-order valence-electron chi connectivity index (χ2n) is 4.57. The van der Waals surface area contributed by atoms with Crippen LogP contribution < -0.4 is 0 Å². The van der Waals surface area contributed by atoms with E-state index in [1.165, 1.54) is 51.6 Å². The summed E-state index contributed by atoms with van der Waals surface area (Å²) in [5.41, 5.74) is 0. The van der Waals surface area contributed by atoms with E-state index in [4.69, 9.17) is 0 Å². The van der Waals surface area contributed by atoms with Gasteiger partial charge in [0.15, 0.2) is 0 Å². The zero-order chi connectivity index (χ0) is 9.10.